The molecule has 10 aromatic rings. The van der Waals surface area contributed by atoms with Crippen LogP contribution in [-0.2, 0) is 5.41 Å². The summed E-state index contributed by atoms with van der Waals surface area (Å²) >= 11 is 6.84. The van der Waals surface area contributed by atoms with E-state index in [0.29, 0.717) is 5.02 Å². The Balaban J connectivity index is 1.13. The Morgan fingerprint density at radius 3 is 1.83 bits per heavy atom. The highest BCUT2D eigenvalue weighted by atomic mass is 35.5. The maximum absolute atomic E-state index is 7.01. The molecule has 1 aliphatic heterocycles. The number of fused-ring (bicyclic) bond motifs is 12. The second-order valence-electron chi connectivity index (χ2n) is 15.4. The van der Waals surface area contributed by atoms with E-state index in [-0.39, 0.29) is 0 Å². The second kappa shape index (κ2) is 13.1. The normalized spacial score (nSPS) is 13.1. The van der Waals surface area contributed by atoms with Gasteiger partial charge in [0.25, 0.3) is 0 Å². The van der Waals surface area contributed by atoms with Crippen molar-refractivity contribution >= 4 is 50.6 Å². The van der Waals surface area contributed by atoms with E-state index in [4.69, 9.17) is 20.8 Å². The molecule has 0 amide bonds. The van der Waals surface area contributed by atoms with Crippen molar-refractivity contribution in [2.24, 2.45) is 0 Å². The molecule has 0 N–H and O–H groups in total. The molecule has 2 aliphatic rings. The summed E-state index contributed by atoms with van der Waals surface area (Å²) < 4.78 is 13.7. The van der Waals surface area contributed by atoms with Crippen molar-refractivity contribution in [1.82, 2.24) is 0 Å². The van der Waals surface area contributed by atoms with Crippen LogP contribution in [0.1, 0.15) is 22.3 Å². The van der Waals surface area contributed by atoms with Crippen molar-refractivity contribution in [1.29, 1.82) is 0 Å². The molecule has 1 spiro atoms. The zero-order valence-corrected chi connectivity index (χ0v) is 32.5. The van der Waals surface area contributed by atoms with Gasteiger partial charge in [-0.3, -0.25) is 0 Å². The summed E-state index contributed by atoms with van der Waals surface area (Å²) in [5.74, 6) is 1.59. The van der Waals surface area contributed by atoms with Crippen LogP contribution in [0.4, 0.5) is 17.1 Å². The number of hydrogen-bond acceptors (Lipinski definition) is 3. The topological polar surface area (TPSA) is 25.6 Å². The van der Waals surface area contributed by atoms with Crippen molar-refractivity contribution < 1.29 is 9.15 Å². The third-order valence-corrected chi connectivity index (χ3v) is 12.4. The summed E-state index contributed by atoms with van der Waals surface area (Å²) in [5, 5.41) is 2.80. The van der Waals surface area contributed by atoms with E-state index in [9.17, 15) is 0 Å². The van der Waals surface area contributed by atoms with E-state index < -0.39 is 5.41 Å². The minimum absolute atomic E-state index is 0.632. The number of hydrogen-bond donors (Lipinski definition) is 0. The molecule has 0 radical (unpaired) electrons. The van der Waals surface area contributed by atoms with E-state index >= 15 is 0 Å². The van der Waals surface area contributed by atoms with Gasteiger partial charge in [-0.05, 0) is 93.5 Å². The highest BCUT2D eigenvalue weighted by Crippen LogP contribution is 2.63. The lowest BCUT2D eigenvalue weighted by Crippen LogP contribution is -2.32. The van der Waals surface area contributed by atoms with Gasteiger partial charge in [-0.1, -0.05) is 157 Å². The molecule has 0 fully saturated rings. The van der Waals surface area contributed by atoms with Crippen LogP contribution < -0.4 is 9.64 Å². The maximum Gasteiger partial charge on any atom is 0.143 e. The molecule has 9 aromatic carbocycles. The molecule has 0 saturated carbocycles. The third-order valence-electron chi connectivity index (χ3n) is 12.2. The standard InChI is InChI=1S/C55H34ClNO2/c56-38-26-29-52-50(31-38)55(47-23-10-7-20-42(47)43-21-8-11-24-48(43)55)49-28-27-40(34-53(49)58-52)57(39-19-13-18-37(30-39)35-14-3-1-4-15-35)41-32-45(36-16-5-2-6-17-36)54-46(33-41)44-22-9-12-25-51(44)59-54/h1-34H. The Morgan fingerprint density at radius 1 is 0.390 bits per heavy atom. The fraction of sp³-hybridized carbons (Fsp3) is 0.0182. The third kappa shape index (κ3) is 5.08. The smallest absolute Gasteiger partial charge is 0.143 e. The molecule has 278 valence electrons. The van der Waals surface area contributed by atoms with Crippen LogP contribution in [-0.4, -0.2) is 0 Å². The first-order valence-corrected chi connectivity index (χ1v) is 20.3. The van der Waals surface area contributed by atoms with Gasteiger partial charge >= 0.3 is 0 Å². The number of benzene rings is 9. The molecular weight excluding hydrogens is 742 g/mol. The fourth-order valence-corrected chi connectivity index (χ4v) is 9.86. The molecule has 0 atom stereocenters. The lowest BCUT2D eigenvalue weighted by atomic mass is 9.66. The molecule has 0 unspecified atom stereocenters. The predicted molar refractivity (Wildman–Crippen MR) is 242 cm³/mol. The van der Waals surface area contributed by atoms with Crippen LogP contribution in [0.25, 0.3) is 55.3 Å². The number of furan rings is 1. The first-order chi connectivity index (χ1) is 29.1. The van der Waals surface area contributed by atoms with Crippen molar-refractivity contribution in [3.05, 3.63) is 234 Å². The molecule has 3 nitrogen and oxygen atoms in total. The van der Waals surface area contributed by atoms with Crippen molar-refractivity contribution in [2.45, 2.75) is 5.41 Å². The maximum atomic E-state index is 7.01. The Hall–Kier alpha value is -7.33. The summed E-state index contributed by atoms with van der Waals surface area (Å²) in [6.07, 6.45) is 0. The average molecular weight is 776 g/mol. The predicted octanol–water partition coefficient (Wildman–Crippen LogP) is 15.5. The van der Waals surface area contributed by atoms with Gasteiger partial charge in [-0.15, -0.1) is 0 Å². The molecule has 0 bridgehead atoms. The van der Waals surface area contributed by atoms with Gasteiger partial charge in [0, 0.05) is 55.6 Å². The number of para-hydroxylation sites is 1. The fourth-order valence-electron chi connectivity index (χ4n) is 9.68. The van der Waals surface area contributed by atoms with Crippen molar-refractivity contribution in [3.8, 4) is 44.9 Å². The van der Waals surface area contributed by atoms with Gasteiger partial charge in [0.2, 0.25) is 0 Å². The van der Waals surface area contributed by atoms with Crippen LogP contribution in [0, 0.1) is 0 Å². The highest BCUT2D eigenvalue weighted by Gasteiger charge is 2.51. The van der Waals surface area contributed by atoms with Crippen LogP contribution in [0.3, 0.4) is 0 Å². The number of ether oxygens (including phenoxy) is 1. The van der Waals surface area contributed by atoms with E-state index in [2.05, 4.69) is 187 Å². The van der Waals surface area contributed by atoms with Gasteiger partial charge in [-0.2, -0.15) is 0 Å². The molecule has 0 saturated heterocycles. The summed E-state index contributed by atoms with van der Waals surface area (Å²) in [6, 6.07) is 73.0. The lowest BCUT2D eigenvalue weighted by Gasteiger charge is -2.40. The van der Waals surface area contributed by atoms with Gasteiger partial charge in [-0.25, -0.2) is 0 Å². The van der Waals surface area contributed by atoms with Gasteiger partial charge in [0.15, 0.2) is 0 Å². The summed E-state index contributed by atoms with van der Waals surface area (Å²) in [7, 11) is 0. The van der Waals surface area contributed by atoms with E-state index in [1.165, 1.54) is 22.3 Å². The molecule has 1 aliphatic carbocycles. The van der Waals surface area contributed by atoms with Crippen LogP contribution in [0.15, 0.2) is 211 Å². The summed E-state index contributed by atoms with van der Waals surface area (Å²) in [5.41, 5.74) is 15.5. The molecule has 4 heteroatoms. The second-order valence-corrected chi connectivity index (χ2v) is 15.8. The molecular formula is C55H34ClNO2. The Morgan fingerprint density at radius 2 is 1.05 bits per heavy atom. The first kappa shape index (κ1) is 33.8. The quantitative estimate of drug-likeness (QED) is 0.174. The van der Waals surface area contributed by atoms with E-state index in [1.807, 2.05) is 24.3 Å². The molecule has 2 heterocycles. The molecule has 12 rings (SSSR count). The summed E-state index contributed by atoms with van der Waals surface area (Å²) in [4.78, 5) is 2.35. The minimum Gasteiger partial charge on any atom is -0.457 e. The van der Waals surface area contributed by atoms with Gasteiger partial charge in [0.05, 0.1) is 5.41 Å². The minimum atomic E-state index is -0.632. The molecule has 1 aromatic heterocycles. The number of anilines is 3. The first-order valence-electron chi connectivity index (χ1n) is 19.9. The van der Waals surface area contributed by atoms with E-state index in [0.717, 1.165) is 83.9 Å². The van der Waals surface area contributed by atoms with E-state index in [1.54, 1.807) is 0 Å². The van der Waals surface area contributed by atoms with Crippen LogP contribution >= 0.6 is 11.6 Å². The Bertz CT molecular complexity index is 3230. The Kier molecular flexibility index (Phi) is 7.50. The SMILES string of the molecule is Clc1ccc2c(c1)C1(c3ccc(N(c4cccc(-c5ccccc5)c4)c4cc(-c5ccccc5)c5oc6ccccc6c5c4)cc3O2)c2ccccc2-c2ccccc21. The Labute approximate surface area is 347 Å². The van der Waals surface area contributed by atoms with Gasteiger partial charge in [0.1, 0.15) is 22.7 Å². The molecule has 59 heavy (non-hydrogen) atoms. The number of rotatable bonds is 5. The largest absolute Gasteiger partial charge is 0.457 e. The van der Waals surface area contributed by atoms with Gasteiger partial charge < -0.3 is 14.1 Å². The highest BCUT2D eigenvalue weighted by molar-refractivity contribution is 6.30. The van der Waals surface area contributed by atoms with Crippen LogP contribution in [0.2, 0.25) is 5.02 Å². The average Bonchev–Trinajstić information content (AvgIpc) is 3.81. The van der Waals surface area contributed by atoms with Crippen LogP contribution in [0.5, 0.6) is 11.5 Å². The monoisotopic (exact) mass is 775 g/mol. The van der Waals surface area contributed by atoms with Crippen molar-refractivity contribution in [2.75, 3.05) is 4.90 Å². The van der Waals surface area contributed by atoms with Crippen molar-refractivity contribution in [3.63, 3.8) is 0 Å². The zero-order chi connectivity index (χ0) is 39.1. The number of halogens is 1. The lowest BCUT2D eigenvalue weighted by molar-refractivity contribution is 0.436. The summed E-state index contributed by atoms with van der Waals surface area (Å²) in [6.45, 7) is 0. The number of nitrogens with zero attached hydrogens (tertiary/aromatic N) is 1. The zero-order valence-electron chi connectivity index (χ0n) is 31.8.